The molecular weight excluding hydrogens is 182 g/mol. The molecule has 0 aliphatic heterocycles. The van der Waals surface area contributed by atoms with E-state index in [4.69, 9.17) is 9.84 Å². The minimum absolute atomic E-state index is 0.0662. The number of aliphatic hydroxyl groups excluding tert-OH is 1. The predicted molar refractivity (Wildman–Crippen MR) is 55.0 cm³/mol. The highest BCUT2D eigenvalue weighted by Crippen LogP contribution is 2.02. The molecule has 0 aromatic heterocycles. The molecule has 0 radical (unpaired) electrons. The van der Waals surface area contributed by atoms with Gasteiger partial charge < -0.3 is 15.2 Å². The molecule has 1 atom stereocenters. The van der Waals surface area contributed by atoms with Gasteiger partial charge in [0.2, 0.25) is 5.91 Å². The fourth-order valence-corrected chi connectivity index (χ4v) is 1.02. The number of rotatable bonds is 8. The normalized spacial score (nSPS) is 12.5. The fraction of sp³-hybridized carbons (Fsp3) is 0.900. The summed E-state index contributed by atoms with van der Waals surface area (Å²) in [6.45, 7) is 5.43. The topological polar surface area (TPSA) is 58.6 Å². The summed E-state index contributed by atoms with van der Waals surface area (Å²) in [6, 6.07) is 0. The van der Waals surface area contributed by atoms with E-state index < -0.39 is 0 Å². The van der Waals surface area contributed by atoms with Crippen molar-refractivity contribution in [3.8, 4) is 0 Å². The monoisotopic (exact) mass is 203 g/mol. The van der Waals surface area contributed by atoms with Crippen molar-refractivity contribution in [2.75, 3.05) is 26.4 Å². The Morgan fingerprint density at radius 2 is 2.29 bits per heavy atom. The highest BCUT2D eigenvalue weighted by molar-refractivity contribution is 5.77. The molecule has 0 aromatic rings. The Hall–Kier alpha value is -0.610. The van der Waals surface area contributed by atoms with Crippen LogP contribution in [0.5, 0.6) is 0 Å². The van der Waals surface area contributed by atoms with E-state index in [1.165, 1.54) is 0 Å². The highest BCUT2D eigenvalue weighted by Gasteiger charge is 2.01. The van der Waals surface area contributed by atoms with Gasteiger partial charge in [0, 0.05) is 19.8 Å². The number of ether oxygens (including phenoxy) is 1. The van der Waals surface area contributed by atoms with Gasteiger partial charge >= 0.3 is 0 Å². The average Bonchev–Trinajstić information content (AvgIpc) is 2.21. The SMILES string of the molecule is CCOCC(=O)NCCCC(C)CO. The largest absolute Gasteiger partial charge is 0.396 e. The van der Waals surface area contributed by atoms with Crippen LogP contribution in [0.15, 0.2) is 0 Å². The lowest BCUT2D eigenvalue weighted by Crippen LogP contribution is -2.28. The zero-order valence-electron chi connectivity index (χ0n) is 9.08. The number of carbonyl (C=O) groups is 1. The van der Waals surface area contributed by atoms with E-state index in [0.29, 0.717) is 19.1 Å². The Kier molecular flexibility index (Phi) is 8.57. The van der Waals surface area contributed by atoms with E-state index in [-0.39, 0.29) is 19.1 Å². The molecule has 2 N–H and O–H groups in total. The van der Waals surface area contributed by atoms with Crippen LogP contribution >= 0.6 is 0 Å². The van der Waals surface area contributed by atoms with Crippen molar-refractivity contribution < 1.29 is 14.6 Å². The minimum atomic E-state index is -0.0662. The van der Waals surface area contributed by atoms with Crippen LogP contribution in [0.25, 0.3) is 0 Å². The Labute approximate surface area is 85.6 Å². The molecule has 0 saturated heterocycles. The molecule has 0 saturated carbocycles. The van der Waals surface area contributed by atoms with Crippen molar-refractivity contribution in [3.63, 3.8) is 0 Å². The second-order valence-electron chi connectivity index (χ2n) is 3.42. The number of nitrogens with one attached hydrogen (secondary N) is 1. The summed E-state index contributed by atoms with van der Waals surface area (Å²) in [6.07, 6.45) is 1.84. The molecule has 0 rings (SSSR count). The molecule has 0 bridgehead atoms. The van der Waals surface area contributed by atoms with Gasteiger partial charge in [-0.05, 0) is 25.7 Å². The van der Waals surface area contributed by atoms with Crippen LogP contribution < -0.4 is 5.32 Å². The van der Waals surface area contributed by atoms with Crippen LogP contribution in [-0.4, -0.2) is 37.4 Å². The Morgan fingerprint density at radius 1 is 1.57 bits per heavy atom. The van der Waals surface area contributed by atoms with E-state index in [2.05, 4.69) is 5.32 Å². The Morgan fingerprint density at radius 3 is 2.86 bits per heavy atom. The summed E-state index contributed by atoms with van der Waals surface area (Å²) in [5.74, 6) is 0.252. The molecule has 4 nitrogen and oxygen atoms in total. The van der Waals surface area contributed by atoms with Crippen molar-refractivity contribution in [1.29, 1.82) is 0 Å². The third-order valence-electron chi connectivity index (χ3n) is 1.94. The first-order valence-electron chi connectivity index (χ1n) is 5.16. The molecule has 0 aliphatic carbocycles. The smallest absolute Gasteiger partial charge is 0.245 e. The van der Waals surface area contributed by atoms with Gasteiger partial charge in [0.1, 0.15) is 6.61 Å². The summed E-state index contributed by atoms with van der Waals surface area (Å²) in [5, 5.41) is 11.5. The molecule has 1 amide bonds. The first kappa shape index (κ1) is 13.4. The maximum atomic E-state index is 11.0. The molecule has 14 heavy (non-hydrogen) atoms. The van der Waals surface area contributed by atoms with Gasteiger partial charge in [0.25, 0.3) is 0 Å². The standard InChI is InChI=1S/C10H21NO3/c1-3-14-8-10(13)11-6-4-5-9(2)7-12/h9,12H,3-8H2,1-2H3,(H,11,13). The number of amides is 1. The first-order valence-corrected chi connectivity index (χ1v) is 5.16. The summed E-state index contributed by atoms with van der Waals surface area (Å²) < 4.78 is 4.94. The third-order valence-corrected chi connectivity index (χ3v) is 1.94. The second-order valence-corrected chi connectivity index (χ2v) is 3.42. The van der Waals surface area contributed by atoms with Crippen LogP contribution in [0, 0.1) is 5.92 Å². The number of hydrogen-bond acceptors (Lipinski definition) is 3. The zero-order valence-corrected chi connectivity index (χ0v) is 9.08. The molecule has 4 heteroatoms. The van der Waals surface area contributed by atoms with Gasteiger partial charge in [-0.1, -0.05) is 6.92 Å². The van der Waals surface area contributed by atoms with Crippen molar-refractivity contribution in [3.05, 3.63) is 0 Å². The molecule has 0 fully saturated rings. The predicted octanol–water partition coefficient (Wildman–Crippen LogP) is 0.548. The lowest BCUT2D eigenvalue weighted by atomic mass is 10.1. The van der Waals surface area contributed by atoms with Crippen molar-refractivity contribution in [2.45, 2.75) is 26.7 Å². The number of aliphatic hydroxyl groups is 1. The zero-order chi connectivity index (χ0) is 10.8. The van der Waals surface area contributed by atoms with E-state index in [0.717, 1.165) is 12.8 Å². The maximum absolute atomic E-state index is 11.0. The summed E-state index contributed by atoms with van der Waals surface area (Å²) in [5.41, 5.74) is 0. The highest BCUT2D eigenvalue weighted by atomic mass is 16.5. The van der Waals surface area contributed by atoms with E-state index in [1.807, 2.05) is 13.8 Å². The van der Waals surface area contributed by atoms with Crippen LogP contribution in [0.3, 0.4) is 0 Å². The van der Waals surface area contributed by atoms with Crippen molar-refractivity contribution in [2.24, 2.45) is 5.92 Å². The van der Waals surface area contributed by atoms with Gasteiger partial charge in [0.05, 0.1) is 0 Å². The number of carbonyl (C=O) groups excluding carboxylic acids is 1. The quantitative estimate of drug-likeness (QED) is 0.566. The average molecular weight is 203 g/mol. The molecule has 0 aliphatic rings. The molecule has 0 aromatic carbocycles. The van der Waals surface area contributed by atoms with Crippen molar-refractivity contribution >= 4 is 5.91 Å². The Balaban J connectivity index is 3.22. The first-order chi connectivity index (χ1) is 6.70. The van der Waals surface area contributed by atoms with E-state index in [1.54, 1.807) is 0 Å². The Bertz CT molecular complexity index is 150. The second kappa shape index (κ2) is 8.97. The molecule has 0 spiro atoms. The van der Waals surface area contributed by atoms with Crippen LogP contribution in [0.2, 0.25) is 0 Å². The van der Waals surface area contributed by atoms with Crippen LogP contribution in [-0.2, 0) is 9.53 Å². The maximum Gasteiger partial charge on any atom is 0.245 e. The fourth-order valence-electron chi connectivity index (χ4n) is 1.02. The molecular formula is C10H21NO3. The van der Waals surface area contributed by atoms with Gasteiger partial charge in [-0.15, -0.1) is 0 Å². The number of hydrogen-bond donors (Lipinski definition) is 2. The lowest BCUT2D eigenvalue weighted by molar-refractivity contribution is -0.125. The van der Waals surface area contributed by atoms with E-state index >= 15 is 0 Å². The summed E-state index contributed by atoms with van der Waals surface area (Å²) >= 11 is 0. The van der Waals surface area contributed by atoms with Gasteiger partial charge in [-0.2, -0.15) is 0 Å². The van der Waals surface area contributed by atoms with Crippen LogP contribution in [0.1, 0.15) is 26.7 Å². The van der Waals surface area contributed by atoms with Crippen LogP contribution in [0.4, 0.5) is 0 Å². The van der Waals surface area contributed by atoms with Gasteiger partial charge in [0.15, 0.2) is 0 Å². The summed E-state index contributed by atoms with van der Waals surface area (Å²) in [4.78, 5) is 11.0. The van der Waals surface area contributed by atoms with E-state index in [9.17, 15) is 4.79 Å². The third kappa shape index (κ3) is 8.01. The van der Waals surface area contributed by atoms with Gasteiger partial charge in [-0.3, -0.25) is 4.79 Å². The minimum Gasteiger partial charge on any atom is -0.396 e. The molecule has 84 valence electrons. The molecule has 0 heterocycles. The molecule has 1 unspecified atom stereocenters. The summed E-state index contributed by atoms with van der Waals surface area (Å²) in [7, 11) is 0. The van der Waals surface area contributed by atoms with Crippen molar-refractivity contribution in [1.82, 2.24) is 5.32 Å². The van der Waals surface area contributed by atoms with Gasteiger partial charge in [-0.25, -0.2) is 0 Å². The lowest BCUT2D eigenvalue weighted by Gasteiger charge is -2.08.